The van der Waals surface area contributed by atoms with Gasteiger partial charge in [-0.2, -0.15) is 13.2 Å². The molecule has 0 spiro atoms. The van der Waals surface area contributed by atoms with Gasteiger partial charge in [-0.3, -0.25) is 9.69 Å². The van der Waals surface area contributed by atoms with Crippen LogP contribution in [0.1, 0.15) is 56.1 Å². The molecule has 2 aromatic carbocycles. The third kappa shape index (κ3) is 6.81. The topological polar surface area (TPSA) is 88.5 Å². The average molecular weight is 614 g/mol. The van der Waals surface area contributed by atoms with Gasteiger partial charge >= 0.3 is 12.1 Å². The van der Waals surface area contributed by atoms with Gasteiger partial charge in [0.05, 0.1) is 20.1 Å². The minimum Gasteiger partial charge on any atom is -0.493 e. The minimum atomic E-state index is -4.94. The first kappa shape index (κ1) is 31.7. The smallest absolute Gasteiger partial charge is 0.422 e. The quantitative estimate of drug-likeness (QED) is 0.248. The molecule has 11 heteroatoms. The van der Waals surface area contributed by atoms with Crippen molar-refractivity contribution in [2.75, 3.05) is 26.7 Å². The number of piperidine rings is 1. The van der Waals surface area contributed by atoms with E-state index in [1.807, 2.05) is 0 Å². The second-order valence-corrected chi connectivity index (χ2v) is 12.0. The third-order valence-corrected chi connectivity index (χ3v) is 8.95. The molecule has 1 atom stereocenters. The fourth-order valence-electron chi connectivity index (χ4n) is 6.59. The highest BCUT2D eigenvalue weighted by atomic mass is 19.4. The number of aliphatic hydroxyl groups is 1. The van der Waals surface area contributed by atoms with Crippen LogP contribution in [-0.4, -0.2) is 64.7 Å². The van der Waals surface area contributed by atoms with Gasteiger partial charge in [-0.25, -0.2) is 4.85 Å². The van der Waals surface area contributed by atoms with Crippen LogP contribution < -0.4 is 9.47 Å². The second kappa shape index (κ2) is 13.1. The monoisotopic (exact) mass is 613 g/mol. The van der Waals surface area contributed by atoms with Gasteiger partial charge in [-0.1, -0.05) is 37.5 Å². The number of aliphatic carboxylic acids is 1. The van der Waals surface area contributed by atoms with Crippen molar-refractivity contribution in [2.24, 2.45) is 5.92 Å². The van der Waals surface area contributed by atoms with Crippen molar-refractivity contribution in [3.63, 3.8) is 0 Å². The summed E-state index contributed by atoms with van der Waals surface area (Å²) < 4.78 is 57.8. The van der Waals surface area contributed by atoms with Crippen molar-refractivity contribution < 1.29 is 37.7 Å². The maximum absolute atomic E-state index is 14.8. The normalized spacial score (nSPS) is 18.5. The predicted octanol–water partition coefficient (Wildman–Crippen LogP) is 6.70. The first-order chi connectivity index (χ1) is 21.0. The van der Waals surface area contributed by atoms with Crippen LogP contribution in [0.4, 0.5) is 18.9 Å². The molecule has 2 heterocycles. The molecule has 5 rings (SSSR count). The van der Waals surface area contributed by atoms with Gasteiger partial charge in [0.15, 0.2) is 17.2 Å². The van der Waals surface area contributed by atoms with Crippen LogP contribution in [0.3, 0.4) is 0 Å². The number of carboxylic acids is 1. The molecule has 2 fully saturated rings. The molecule has 236 valence electrons. The zero-order valence-corrected chi connectivity index (χ0v) is 24.8. The summed E-state index contributed by atoms with van der Waals surface area (Å²) in [4.78, 5) is 16.2. The lowest BCUT2D eigenvalue weighted by Crippen LogP contribution is -2.53. The zero-order chi connectivity index (χ0) is 31.5. The van der Waals surface area contributed by atoms with E-state index in [1.54, 1.807) is 33.7 Å². The number of fused-ring (bicyclic) bond motifs is 1. The molecule has 0 radical (unpaired) electrons. The number of alkyl halides is 3. The summed E-state index contributed by atoms with van der Waals surface area (Å²) in [6.07, 6.45) is 2.33. The van der Waals surface area contributed by atoms with Crippen molar-refractivity contribution >= 4 is 22.6 Å². The summed E-state index contributed by atoms with van der Waals surface area (Å²) in [5, 5.41) is 20.9. The van der Waals surface area contributed by atoms with Crippen molar-refractivity contribution in [2.45, 2.75) is 75.8 Å². The van der Waals surface area contributed by atoms with Gasteiger partial charge < -0.3 is 24.3 Å². The molecule has 1 aliphatic heterocycles. The molecular formula is C33H38F3N3O5. The largest absolute Gasteiger partial charge is 0.493 e. The summed E-state index contributed by atoms with van der Waals surface area (Å²) in [5.41, 5.74) is -1.85. The molecule has 44 heavy (non-hydrogen) atoms. The highest BCUT2D eigenvalue weighted by Crippen LogP contribution is 2.44. The third-order valence-electron chi connectivity index (χ3n) is 8.95. The number of nitrogens with zero attached hydrogens (tertiary/aromatic N) is 3. The van der Waals surface area contributed by atoms with E-state index in [1.165, 1.54) is 25.4 Å². The van der Waals surface area contributed by atoms with Crippen LogP contribution in [0.2, 0.25) is 0 Å². The molecule has 1 saturated heterocycles. The molecule has 3 aromatic rings. The fourth-order valence-corrected chi connectivity index (χ4v) is 6.59. The summed E-state index contributed by atoms with van der Waals surface area (Å²) in [5.74, 6) is 0.211. The van der Waals surface area contributed by atoms with Crippen LogP contribution in [-0.2, 0) is 23.4 Å². The number of rotatable bonds is 10. The Labute approximate surface area is 254 Å². The van der Waals surface area contributed by atoms with Gasteiger partial charge in [-0.05, 0) is 55.4 Å². The number of hydrogen-bond acceptors (Lipinski definition) is 5. The van der Waals surface area contributed by atoms with E-state index < -0.39 is 24.3 Å². The van der Waals surface area contributed by atoms with Gasteiger partial charge in [0.25, 0.3) is 0 Å². The lowest BCUT2D eigenvalue weighted by Gasteiger charge is -2.39. The van der Waals surface area contributed by atoms with Gasteiger partial charge in [0.1, 0.15) is 6.10 Å². The van der Waals surface area contributed by atoms with E-state index >= 15 is 0 Å². The molecule has 1 aromatic heterocycles. The zero-order valence-electron chi connectivity index (χ0n) is 24.8. The highest BCUT2D eigenvalue weighted by Gasteiger charge is 2.57. The molecule has 1 unspecified atom stereocenters. The molecule has 0 amide bonds. The van der Waals surface area contributed by atoms with E-state index in [0.29, 0.717) is 59.0 Å². The van der Waals surface area contributed by atoms with Gasteiger partial charge in [0.2, 0.25) is 5.60 Å². The number of hydrogen-bond donors (Lipinski definition) is 2. The van der Waals surface area contributed by atoms with E-state index in [0.717, 1.165) is 32.1 Å². The average Bonchev–Trinajstić information content (AvgIpc) is 3.36. The van der Waals surface area contributed by atoms with E-state index in [2.05, 4.69) is 4.85 Å². The molecule has 1 aliphatic carbocycles. The Kier molecular flexibility index (Phi) is 9.42. The standard InChI is InChI=1S/C33H38F3N3O5/c1-37-24-9-10-26-27(20-39(28(26)18-24)19-22-6-4-3-5-7-22)32(42,33(34,35)36)21-38-14-12-25(13-15-38)44-29-11-8-23(17-31(40)41)16-30(29)43-2/h8-11,16,18,20,22,25,42H,3-7,12-15,17,19,21H2,2H3,(H,40,41). The predicted molar refractivity (Wildman–Crippen MR) is 159 cm³/mol. The Balaban J connectivity index is 1.34. The van der Waals surface area contributed by atoms with Crippen molar-refractivity contribution in [3.05, 3.63) is 65.1 Å². The second-order valence-electron chi connectivity index (χ2n) is 12.0. The number of ether oxygens (including phenoxy) is 2. The Morgan fingerprint density at radius 3 is 2.41 bits per heavy atom. The number of likely N-dealkylation sites (tertiary alicyclic amines) is 1. The number of benzene rings is 2. The van der Waals surface area contributed by atoms with E-state index in [9.17, 15) is 23.1 Å². The Hall–Kier alpha value is -3.75. The molecule has 8 nitrogen and oxygen atoms in total. The Morgan fingerprint density at radius 2 is 1.77 bits per heavy atom. The molecule has 2 N–H and O–H groups in total. The first-order valence-electron chi connectivity index (χ1n) is 15.1. The SMILES string of the molecule is [C-]#[N+]c1ccc2c(C(O)(CN3CCC(Oc4ccc(CC(=O)O)cc4OC)CC3)C(F)(F)F)cn(CC3CCCCC3)c2c1. The summed E-state index contributed by atoms with van der Waals surface area (Å²) in [6.45, 7) is 7.92. The first-order valence-corrected chi connectivity index (χ1v) is 15.1. The van der Waals surface area contributed by atoms with Crippen LogP contribution in [0, 0.1) is 12.5 Å². The van der Waals surface area contributed by atoms with Gasteiger partial charge in [0, 0.05) is 48.8 Å². The van der Waals surface area contributed by atoms with Gasteiger partial charge in [-0.15, -0.1) is 0 Å². The lowest BCUT2D eigenvalue weighted by molar-refractivity contribution is -0.272. The van der Waals surface area contributed by atoms with E-state index in [4.69, 9.17) is 21.2 Å². The fraction of sp³-hybridized carbons (Fsp3) is 0.515. The molecule has 2 aliphatic rings. The lowest BCUT2D eigenvalue weighted by atomic mass is 9.89. The number of methoxy groups -OCH3 is 1. The van der Waals surface area contributed by atoms with Crippen LogP contribution >= 0.6 is 0 Å². The Bertz CT molecular complexity index is 1520. The molecule has 1 saturated carbocycles. The van der Waals surface area contributed by atoms with Crippen molar-refractivity contribution in [3.8, 4) is 11.5 Å². The maximum atomic E-state index is 14.8. The maximum Gasteiger partial charge on any atom is 0.422 e. The number of carboxylic acid groups (broad SMARTS) is 1. The van der Waals surface area contributed by atoms with Crippen molar-refractivity contribution in [1.82, 2.24) is 9.47 Å². The van der Waals surface area contributed by atoms with E-state index in [-0.39, 0.29) is 31.2 Å². The molecular weight excluding hydrogens is 575 g/mol. The minimum absolute atomic E-state index is 0.156. The van der Waals surface area contributed by atoms with Crippen LogP contribution in [0.15, 0.2) is 42.6 Å². The summed E-state index contributed by atoms with van der Waals surface area (Å²) in [7, 11) is 1.46. The number of β-amino-alcohol motifs (C(OH)–C–C–N with tert-alkyl or cyclic N) is 1. The number of carbonyl (C=O) groups is 1. The summed E-state index contributed by atoms with van der Waals surface area (Å²) >= 11 is 0. The molecule has 0 bridgehead atoms. The van der Waals surface area contributed by atoms with Crippen LogP contribution in [0.5, 0.6) is 11.5 Å². The number of halogens is 3. The van der Waals surface area contributed by atoms with Crippen molar-refractivity contribution in [1.29, 1.82) is 0 Å². The summed E-state index contributed by atoms with van der Waals surface area (Å²) in [6, 6.07) is 9.56. The van der Waals surface area contributed by atoms with Crippen LogP contribution in [0.25, 0.3) is 15.7 Å². The Morgan fingerprint density at radius 1 is 1.05 bits per heavy atom. The number of aromatic nitrogens is 1. The highest BCUT2D eigenvalue weighted by molar-refractivity contribution is 5.88.